The molecule has 0 radical (unpaired) electrons. The number of hydrogen-bond acceptors (Lipinski definition) is 1. The summed E-state index contributed by atoms with van der Waals surface area (Å²) in [4.78, 5) is 12.1. The average molecular weight is 200 g/mol. The molecule has 0 bridgehead atoms. The van der Waals surface area contributed by atoms with Crippen molar-refractivity contribution in [1.29, 1.82) is 0 Å². The van der Waals surface area contributed by atoms with Gasteiger partial charge in [-0.15, -0.1) is 0 Å². The molecular formula is C14H16O. The van der Waals surface area contributed by atoms with Crippen LogP contribution in [-0.2, 0) is 0 Å². The number of aryl methyl sites for hydroxylation is 1. The maximum absolute atomic E-state index is 12.1. The Morgan fingerprint density at radius 1 is 1.20 bits per heavy atom. The van der Waals surface area contributed by atoms with Crippen LogP contribution in [0.25, 0.3) is 0 Å². The van der Waals surface area contributed by atoms with E-state index >= 15 is 0 Å². The zero-order valence-corrected chi connectivity index (χ0v) is 9.07. The number of allylic oxidation sites excluding steroid dienone is 2. The van der Waals surface area contributed by atoms with E-state index in [1.807, 2.05) is 31.2 Å². The molecule has 0 aliphatic heterocycles. The third-order valence-corrected chi connectivity index (χ3v) is 2.98. The average Bonchev–Trinajstić information content (AvgIpc) is 2.30. The summed E-state index contributed by atoms with van der Waals surface area (Å²) in [5.41, 5.74) is 2.07. The highest BCUT2D eigenvalue weighted by Crippen LogP contribution is 2.22. The van der Waals surface area contributed by atoms with Crippen LogP contribution < -0.4 is 0 Å². The maximum Gasteiger partial charge on any atom is 0.166 e. The predicted molar refractivity (Wildman–Crippen MR) is 62.0 cm³/mol. The van der Waals surface area contributed by atoms with Gasteiger partial charge in [0, 0.05) is 11.5 Å². The second-order valence-electron chi connectivity index (χ2n) is 4.21. The molecule has 0 fully saturated rings. The Kier molecular flexibility index (Phi) is 3.00. The molecule has 15 heavy (non-hydrogen) atoms. The quantitative estimate of drug-likeness (QED) is 0.527. The van der Waals surface area contributed by atoms with Gasteiger partial charge in [-0.3, -0.25) is 4.79 Å². The van der Waals surface area contributed by atoms with E-state index in [0.29, 0.717) is 5.78 Å². The molecule has 1 aromatic carbocycles. The summed E-state index contributed by atoms with van der Waals surface area (Å²) in [7, 11) is 0. The molecule has 0 heterocycles. The van der Waals surface area contributed by atoms with Crippen LogP contribution in [0.5, 0.6) is 0 Å². The summed E-state index contributed by atoms with van der Waals surface area (Å²) in [5.74, 6) is 0.511. The summed E-state index contributed by atoms with van der Waals surface area (Å²) in [6, 6.07) is 7.89. The zero-order chi connectivity index (χ0) is 10.7. The number of rotatable bonds is 2. The molecule has 1 atom stereocenters. The molecule has 0 saturated heterocycles. The zero-order valence-electron chi connectivity index (χ0n) is 9.07. The molecule has 1 aromatic rings. The van der Waals surface area contributed by atoms with Gasteiger partial charge in [0.1, 0.15) is 0 Å². The SMILES string of the molecule is Cc1ccc(C(=O)C2CC=CCC2)cc1. The van der Waals surface area contributed by atoms with Crippen LogP contribution in [0.2, 0.25) is 0 Å². The van der Waals surface area contributed by atoms with Crippen molar-refractivity contribution in [1.82, 2.24) is 0 Å². The Balaban J connectivity index is 2.13. The van der Waals surface area contributed by atoms with Crippen LogP contribution in [-0.4, -0.2) is 5.78 Å². The molecule has 1 unspecified atom stereocenters. The van der Waals surface area contributed by atoms with E-state index in [9.17, 15) is 4.79 Å². The van der Waals surface area contributed by atoms with E-state index in [2.05, 4.69) is 12.2 Å². The standard InChI is InChI=1S/C14H16O/c1-11-7-9-13(10-8-11)14(15)12-5-3-2-4-6-12/h2-3,7-10,12H,4-6H2,1H3. The lowest BCUT2D eigenvalue weighted by Gasteiger charge is -2.16. The molecule has 0 N–H and O–H groups in total. The van der Waals surface area contributed by atoms with Gasteiger partial charge in [0.25, 0.3) is 0 Å². The van der Waals surface area contributed by atoms with Gasteiger partial charge < -0.3 is 0 Å². The van der Waals surface area contributed by atoms with E-state index in [1.54, 1.807) is 0 Å². The van der Waals surface area contributed by atoms with Crippen molar-refractivity contribution in [3.63, 3.8) is 0 Å². The van der Waals surface area contributed by atoms with Crippen LogP contribution in [0.1, 0.15) is 35.2 Å². The number of carbonyl (C=O) groups is 1. The van der Waals surface area contributed by atoms with Gasteiger partial charge >= 0.3 is 0 Å². The number of hydrogen-bond donors (Lipinski definition) is 0. The van der Waals surface area contributed by atoms with Gasteiger partial charge in [-0.25, -0.2) is 0 Å². The van der Waals surface area contributed by atoms with Crippen LogP contribution in [0.15, 0.2) is 36.4 Å². The Morgan fingerprint density at radius 2 is 1.93 bits per heavy atom. The third-order valence-electron chi connectivity index (χ3n) is 2.98. The minimum absolute atomic E-state index is 0.206. The highest BCUT2D eigenvalue weighted by molar-refractivity contribution is 5.98. The molecule has 0 amide bonds. The molecule has 1 nitrogen and oxygen atoms in total. The van der Waals surface area contributed by atoms with E-state index < -0.39 is 0 Å². The van der Waals surface area contributed by atoms with E-state index in [0.717, 1.165) is 24.8 Å². The number of Topliss-reactive ketones (excluding diaryl/α,β-unsaturated/α-hetero) is 1. The first kappa shape index (κ1) is 10.2. The van der Waals surface area contributed by atoms with Crippen molar-refractivity contribution in [3.05, 3.63) is 47.5 Å². The number of carbonyl (C=O) groups excluding carboxylic acids is 1. The fourth-order valence-corrected chi connectivity index (χ4v) is 1.99. The van der Waals surface area contributed by atoms with Gasteiger partial charge in [-0.2, -0.15) is 0 Å². The monoisotopic (exact) mass is 200 g/mol. The van der Waals surface area contributed by atoms with Crippen molar-refractivity contribution >= 4 is 5.78 Å². The minimum Gasteiger partial charge on any atom is -0.294 e. The smallest absolute Gasteiger partial charge is 0.166 e. The van der Waals surface area contributed by atoms with Crippen LogP contribution >= 0.6 is 0 Å². The molecule has 2 rings (SSSR count). The second-order valence-corrected chi connectivity index (χ2v) is 4.21. The molecular weight excluding hydrogens is 184 g/mol. The summed E-state index contributed by atoms with van der Waals surface area (Å²) in [6.07, 6.45) is 7.25. The Labute approximate surface area is 90.8 Å². The van der Waals surface area contributed by atoms with Crippen molar-refractivity contribution in [2.75, 3.05) is 0 Å². The van der Waals surface area contributed by atoms with Gasteiger partial charge in [-0.05, 0) is 26.2 Å². The normalized spacial score (nSPS) is 20.2. The molecule has 1 aliphatic rings. The molecule has 78 valence electrons. The molecule has 1 aliphatic carbocycles. The van der Waals surface area contributed by atoms with Gasteiger partial charge in [-0.1, -0.05) is 42.0 Å². The lowest BCUT2D eigenvalue weighted by molar-refractivity contribution is 0.0912. The first-order valence-corrected chi connectivity index (χ1v) is 5.53. The van der Waals surface area contributed by atoms with E-state index in [4.69, 9.17) is 0 Å². The Bertz CT molecular complexity index is 373. The molecule has 1 heteroatoms. The lowest BCUT2D eigenvalue weighted by atomic mass is 9.87. The van der Waals surface area contributed by atoms with E-state index in [1.165, 1.54) is 5.56 Å². The fourth-order valence-electron chi connectivity index (χ4n) is 1.99. The topological polar surface area (TPSA) is 17.1 Å². The summed E-state index contributed by atoms with van der Waals surface area (Å²) in [6.45, 7) is 2.04. The van der Waals surface area contributed by atoms with Crippen molar-refractivity contribution in [2.45, 2.75) is 26.2 Å². The highest BCUT2D eigenvalue weighted by atomic mass is 16.1. The van der Waals surface area contributed by atoms with Gasteiger partial charge in [0.15, 0.2) is 5.78 Å². The van der Waals surface area contributed by atoms with Gasteiger partial charge in [0.05, 0.1) is 0 Å². The predicted octanol–water partition coefficient (Wildman–Crippen LogP) is 3.53. The Hall–Kier alpha value is -1.37. The van der Waals surface area contributed by atoms with E-state index in [-0.39, 0.29) is 5.92 Å². The number of benzene rings is 1. The summed E-state index contributed by atoms with van der Waals surface area (Å²) < 4.78 is 0. The largest absolute Gasteiger partial charge is 0.294 e. The van der Waals surface area contributed by atoms with Crippen LogP contribution in [0.3, 0.4) is 0 Å². The van der Waals surface area contributed by atoms with Crippen molar-refractivity contribution in [3.8, 4) is 0 Å². The maximum atomic E-state index is 12.1. The molecule has 0 aromatic heterocycles. The third kappa shape index (κ3) is 2.35. The fraction of sp³-hybridized carbons (Fsp3) is 0.357. The summed E-state index contributed by atoms with van der Waals surface area (Å²) in [5, 5.41) is 0. The number of ketones is 1. The first-order valence-electron chi connectivity index (χ1n) is 5.53. The highest BCUT2D eigenvalue weighted by Gasteiger charge is 2.19. The molecule has 0 saturated carbocycles. The Morgan fingerprint density at radius 3 is 2.53 bits per heavy atom. The van der Waals surface area contributed by atoms with Crippen LogP contribution in [0, 0.1) is 12.8 Å². The minimum atomic E-state index is 0.206. The second kappa shape index (κ2) is 4.43. The van der Waals surface area contributed by atoms with Gasteiger partial charge in [0.2, 0.25) is 0 Å². The van der Waals surface area contributed by atoms with Crippen molar-refractivity contribution in [2.24, 2.45) is 5.92 Å². The lowest BCUT2D eigenvalue weighted by Crippen LogP contribution is -2.15. The first-order chi connectivity index (χ1) is 7.27. The van der Waals surface area contributed by atoms with Crippen LogP contribution in [0.4, 0.5) is 0 Å². The summed E-state index contributed by atoms with van der Waals surface area (Å²) >= 11 is 0. The van der Waals surface area contributed by atoms with Crippen molar-refractivity contribution < 1.29 is 4.79 Å². The molecule has 0 spiro atoms.